The highest BCUT2D eigenvalue weighted by Crippen LogP contribution is 2.22. The van der Waals surface area contributed by atoms with E-state index in [-0.39, 0.29) is 5.78 Å². The summed E-state index contributed by atoms with van der Waals surface area (Å²) in [4.78, 5) is 11.7. The predicted molar refractivity (Wildman–Crippen MR) is 61.6 cm³/mol. The van der Waals surface area contributed by atoms with E-state index in [0.29, 0.717) is 0 Å². The van der Waals surface area contributed by atoms with Crippen LogP contribution in [0.1, 0.15) is 28.4 Å². The van der Waals surface area contributed by atoms with Crippen LogP contribution in [0.25, 0.3) is 0 Å². The smallest absolute Gasteiger partial charge is 0.185 e. The Balaban J connectivity index is 3.21. The molecule has 0 spiro atoms. The molecule has 0 N–H and O–H groups in total. The Morgan fingerprint density at radius 3 is 2.47 bits per heavy atom. The van der Waals surface area contributed by atoms with Gasteiger partial charge in [-0.15, -0.1) is 0 Å². The molecule has 0 aliphatic heterocycles. The molecule has 0 saturated heterocycles. The fourth-order valence-corrected chi connectivity index (χ4v) is 1.52. The molecule has 0 heterocycles. The molecule has 0 fully saturated rings. The average Bonchev–Trinajstić information content (AvgIpc) is 2.21. The van der Waals surface area contributed by atoms with E-state index >= 15 is 0 Å². The van der Waals surface area contributed by atoms with Gasteiger partial charge in [-0.2, -0.15) is 0 Å². The first kappa shape index (κ1) is 11.5. The number of hydrogen-bond acceptors (Lipinski definition) is 2. The molecule has 0 aliphatic rings. The largest absolute Gasteiger partial charge is 0.496 e. The molecular weight excluding hydrogens is 188 g/mol. The first-order valence-corrected chi connectivity index (χ1v) is 4.92. The Labute approximate surface area is 90.6 Å². The molecule has 0 amide bonds. The average molecular weight is 204 g/mol. The Morgan fingerprint density at radius 1 is 1.27 bits per heavy atom. The molecule has 1 rings (SSSR count). The molecule has 80 valence electrons. The van der Waals surface area contributed by atoms with Crippen LogP contribution in [0.15, 0.2) is 24.3 Å². The highest BCUT2D eigenvalue weighted by molar-refractivity contribution is 6.05. The van der Waals surface area contributed by atoms with Crippen molar-refractivity contribution in [2.24, 2.45) is 0 Å². The van der Waals surface area contributed by atoms with E-state index in [1.54, 1.807) is 19.3 Å². The van der Waals surface area contributed by atoms with Gasteiger partial charge in [0.15, 0.2) is 5.78 Å². The molecule has 0 bridgehead atoms. The van der Waals surface area contributed by atoms with Crippen molar-refractivity contribution in [1.82, 2.24) is 0 Å². The lowest BCUT2D eigenvalue weighted by molar-refractivity contribution is 0.104. The predicted octanol–water partition coefficient (Wildman–Crippen LogP) is 3.07. The first-order valence-electron chi connectivity index (χ1n) is 4.92. The van der Waals surface area contributed by atoms with Crippen LogP contribution in [0.5, 0.6) is 5.75 Å². The maximum atomic E-state index is 11.7. The minimum atomic E-state index is 0.0424. The zero-order valence-corrected chi connectivity index (χ0v) is 9.63. The van der Waals surface area contributed by atoms with Crippen molar-refractivity contribution >= 4 is 5.78 Å². The maximum absolute atomic E-state index is 11.7. The van der Waals surface area contributed by atoms with Gasteiger partial charge in [0.2, 0.25) is 0 Å². The molecule has 2 heteroatoms. The number of ketones is 1. The van der Waals surface area contributed by atoms with E-state index in [2.05, 4.69) is 0 Å². The second-order valence-corrected chi connectivity index (χ2v) is 3.50. The molecule has 1 aromatic rings. The summed E-state index contributed by atoms with van der Waals surface area (Å²) in [5, 5.41) is 0. The number of carbonyl (C=O) groups is 1. The van der Waals surface area contributed by atoms with Crippen LogP contribution in [0.3, 0.4) is 0 Å². The maximum Gasteiger partial charge on any atom is 0.185 e. The van der Waals surface area contributed by atoms with Crippen molar-refractivity contribution in [2.75, 3.05) is 7.11 Å². The van der Waals surface area contributed by atoms with Gasteiger partial charge in [0.05, 0.1) is 7.11 Å². The minimum Gasteiger partial charge on any atom is -0.496 e. The van der Waals surface area contributed by atoms with Crippen LogP contribution < -0.4 is 4.74 Å². The fraction of sp³-hybridized carbons (Fsp3) is 0.308. The van der Waals surface area contributed by atoms with Gasteiger partial charge in [-0.05, 0) is 50.1 Å². The fourth-order valence-electron chi connectivity index (χ4n) is 1.52. The van der Waals surface area contributed by atoms with Crippen LogP contribution in [-0.4, -0.2) is 12.9 Å². The summed E-state index contributed by atoms with van der Waals surface area (Å²) < 4.78 is 5.19. The molecule has 15 heavy (non-hydrogen) atoms. The van der Waals surface area contributed by atoms with Gasteiger partial charge in [0.25, 0.3) is 0 Å². The van der Waals surface area contributed by atoms with Gasteiger partial charge in [-0.1, -0.05) is 6.08 Å². The lowest BCUT2D eigenvalue weighted by Gasteiger charge is -2.09. The Bertz CT molecular complexity index is 403. The molecule has 1 aromatic carbocycles. The lowest BCUT2D eigenvalue weighted by atomic mass is 10.0. The number of methoxy groups -OCH3 is 1. The molecule has 0 radical (unpaired) electrons. The number of carbonyl (C=O) groups excluding carboxylic acids is 1. The third-order valence-electron chi connectivity index (χ3n) is 2.33. The topological polar surface area (TPSA) is 26.3 Å². The van der Waals surface area contributed by atoms with E-state index in [9.17, 15) is 4.79 Å². The number of benzene rings is 1. The molecule has 0 unspecified atom stereocenters. The quantitative estimate of drug-likeness (QED) is 0.558. The summed E-state index contributed by atoms with van der Waals surface area (Å²) in [5.74, 6) is 0.866. The number of aryl methyl sites for hydroxylation is 2. The summed E-state index contributed by atoms with van der Waals surface area (Å²) in [5.41, 5.74) is 2.67. The molecule has 0 saturated carbocycles. The summed E-state index contributed by atoms with van der Waals surface area (Å²) in [6.45, 7) is 5.69. The van der Waals surface area contributed by atoms with Gasteiger partial charge in [-0.3, -0.25) is 4.79 Å². The summed E-state index contributed by atoms with van der Waals surface area (Å²) in [7, 11) is 1.63. The minimum absolute atomic E-state index is 0.0424. The number of allylic oxidation sites excluding steroid dienone is 2. The summed E-state index contributed by atoms with van der Waals surface area (Å²) in [6, 6.07) is 3.77. The SMILES string of the molecule is C/C=C/C(=O)c1cc(C)c(OC)cc1C. The number of hydrogen-bond donors (Lipinski definition) is 0. The molecule has 0 aliphatic carbocycles. The van der Waals surface area contributed by atoms with E-state index < -0.39 is 0 Å². The molecule has 2 nitrogen and oxygen atoms in total. The van der Waals surface area contributed by atoms with Gasteiger partial charge in [0, 0.05) is 5.56 Å². The zero-order valence-electron chi connectivity index (χ0n) is 9.63. The summed E-state index contributed by atoms with van der Waals surface area (Å²) >= 11 is 0. The van der Waals surface area contributed by atoms with E-state index in [0.717, 1.165) is 22.4 Å². The van der Waals surface area contributed by atoms with Crippen molar-refractivity contribution in [3.8, 4) is 5.75 Å². The Kier molecular flexibility index (Phi) is 3.67. The normalized spacial score (nSPS) is 10.7. The van der Waals surface area contributed by atoms with Crippen LogP contribution in [0, 0.1) is 13.8 Å². The molecule has 0 aromatic heterocycles. The van der Waals surface area contributed by atoms with E-state index in [1.165, 1.54) is 0 Å². The third-order valence-corrected chi connectivity index (χ3v) is 2.33. The summed E-state index contributed by atoms with van der Waals surface area (Å²) in [6.07, 6.45) is 3.33. The van der Waals surface area contributed by atoms with Gasteiger partial charge in [0.1, 0.15) is 5.75 Å². The lowest BCUT2D eigenvalue weighted by Crippen LogP contribution is -2.00. The highest BCUT2D eigenvalue weighted by atomic mass is 16.5. The number of rotatable bonds is 3. The Morgan fingerprint density at radius 2 is 1.93 bits per heavy atom. The van der Waals surface area contributed by atoms with Crippen LogP contribution in [-0.2, 0) is 0 Å². The van der Waals surface area contributed by atoms with Crippen molar-refractivity contribution in [2.45, 2.75) is 20.8 Å². The van der Waals surface area contributed by atoms with Gasteiger partial charge >= 0.3 is 0 Å². The van der Waals surface area contributed by atoms with Crippen molar-refractivity contribution in [3.63, 3.8) is 0 Å². The van der Waals surface area contributed by atoms with Gasteiger partial charge < -0.3 is 4.74 Å². The van der Waals surface area contributed by atoms with Crippen molar-refractivity contribution in [1.29, 1.82) is 0 Å². The van der Waals surface area contributed by atoms with Crippen molar-refractivity contribution < 1.29 is 9.53 Å². The molecular formula is C13H16O2. The number of ether oxygens (including phenoxy) is 1. The van der Waals surface area contributed by atoms with E-state index in [1.807, 2.05) is 32.9 Å². The molecule has 0 atom stereocenters. The Hall–Kier alpha value is -1.57. The van der Waals surface area contributed by atoms with Crippen LogP contribution in [0.2, 0.25) is 0 Å². The van der Waals surface area contributed by atoms with Crippen molar-refractivity contribution in [3.05, 3.63) is 41.0 Å². The van der Waals surface area contributed by atoms with Gasteiger partial charge in [-0.25, -0.2) is 0 Å². The zero-order chi connectivity index (χ0) is 11.4. The second kappa shape index (κ2) is 4.78. The first-order chi connectivity index (χ1) is 7.10. The van der Waals surface area contributed by atoms with Crippen LogP contribution >= 0.6 is 0 Å². The third kappa shape index (κ3) is 2.46. The standard InChI is InChI=1S/C13H16O2/c1-5-6-12(14)11-7-10(3)13(15-4)8-9(11)2/h5-8H,1-4H3/b6-5+. The van der Waals surface area contributed by atoms with Crippen LogP contribution in [0.4, 0.5) is 0 Å². The highest BCUT2D eigenvalue weighted by Gasteiger charge is 2.09. The second-order valence-electron chi connectivity index (χ2n) is 3.50. The monoisotopic (exact) mass is 204 g/mol. The van der Waals surface area contributed by atoms with E-state index in [4.69, 9.17) is 4.74 Å².